The molecular formula is C24H36N2O6. The molecule has 0 aliphatic carbocycles. The molecule has 1 aromatic carbocycles. The van der Waals surface area contributed by atoms with Gasteiger partial charge in [-0.15, -0.1) is 0 Å². The molecule has 0 bridgehead atoms. The van der Waals surface area contributed by atoms with Crippen LogP contribution in [0.3, 0.4) is 0 Å². The van der Waals surface area contributed by atoms with Crippen molar-refractivity contribution in [1.29, 1.82) is 0 Å². The number of benzene rings is 1. The van der Waals surface area contributed by atoms with E-state index in [1.807, 2.05) is 0 Å². The Labute approximate surface area is 190 Å². The van der Waals surface area contributed by atoms with Crippen molar-refractivity contribution in [3.05, 3.63) is 29.8 Å². The first-order chi connectivity index (χ1) is 15.4. The average molecular weight is 449 g/mol. The van der Waals surface area contributed by atoms with Crippen molar-refractivity contribution in [1.82, 2.24) is 5.32 Å². The molecule has 1 aromatic rings. The molecule has 2 amide bonds. The second kappa shape index (κ2) is 15.8. The maximum atomic E-state index is 12.6. The monoisotopic (exact) mass is 448 g/mol. The summed E-state index contributed by atoms with van der Waals surface area (Å²) in [5, 5.41) is 5.43. The highest BCUT2D eigenvalue weighted by Gasteiger charge is 2.24. The fourth-order valence-electron chi connectivity index (χ4n) is 3.05. The lowest BCUT2D eigenvalue weighted by atomic mass is 10.1. The number of hydrogen-bond donors (Lipinski definition) is 2. The van der Waals surface area contributed by atoms with Crippen LogP contribution in [-0.4, -0.2) is 43.0 Å². The lowest BCUT2D eigenvalue weighted by Crippen LogP contribution is -2.42. The third-order valence-corrected chi connectivity index (χ3v) is 4.76. The quantitative estimate of drug-likeness (QED) is 0.310. The predicted molar refractivity (Wildman–Crippen MR) is 122 cm³/mol. The molecule has 0 aliphatic rings. The van der Waals surface area contributed by atoms with Crippen LogP contribution in [0.25, 0.3) is 0 Å². The average Bonchev–Trinajstić information content (AvgIpc) is 2.77. The van der Waals surface area contributed by atoms with Gasteiger partial charge in [-0.2, -0.15) is 0 Å². The SMILES string of the molecule is CCCCCCCC(=O)Nc1ccc(C(=O)NC(CCC(=O)OCC)C(=O)OCC)cc1. The molecule has 1 atom stereocenters. The standard InChI is InChI=1S/C24H36N2O6/c1-4-7-8-9-10-11-21(27)25-19-14-12-18(13-15-19)23(29)26-20(24(30)32-6-3)16-17-22(28)31-5-2/h12-15,20H,4-11,16-17H2,1-3H3,(H,25,27)(H,26,29). The molecule has 1 unspecified atom stereocenters. The molecule has 0 radical (unpaired) electrons. The third-order valence-electron chi connectivity index (χ3n) is 4.76. The van der Waals surface area contributed by atoms with Crippen LogP contribution >= 0.6 is 0 Å². The smallest absolute Gasteiger partial charge is 0.328 e. The summed E-state index contributed by atoms with van der Waals surface area (Å²) in [4.78, 5) is 48.4. The summed E-state index contributed by atoms with van der Waals surface area (Å²) in [7, 11) is 0. The number of unbranched alkanes of at least 4 members (excludes halogenated alkanes) is 4. The summed E-state index contributed by atoms with van der Waals surface area (Å²) < 4.78 is 9.87. The van der Waals surface area contributed by atoms with Gasteiger partial charge in [0, 0.05) is 24.1 Å². The zero-order valence-corrected chi connectivity index (χ0v) is 19.4. The minimum absolute atomic E-state index is 0.0129. The Morgan fingerprint density at radius 2 is 1.50 bits per heavy atom. The molecule has 0 saturated heterocycles. The Balaban J connectivity index is 2.60. The zero-order valence-electron chi connectivity index (χ0n) is 19.4. The Morgan fingerprint density at radius 3 is 2.12 bits per heavy atom. The number of carbonyl (C=O) groups is 4. The molecule has 8 nitrogen and oxygen atoms in total. The summed E-state index contributed by atoms with van der Waals surface area (Å²) in [6.07, 6.45) is 5.92. The maximum absolute atomic E-state index is 12.6. The topological polar surface area (TPSA) is 111 Å². The van der Waals surface area contributed by atoms with Gasteiger partial charge >= 0.3 is 11.9 Å². The second-order valence-corrected chi connectivity index (χ2v) is 7.41. The molecule has 0 fully saturated rings. The molecule has 0 aromatic heterocycles. The molecule has 1 rings (SSSR count). The number of carbonyl (C=O) groups excluding carboxylic acids is 4. The minimum Gasteiger partial charge on any atom is -0.466 e. The number of rotatable bonds is 15. The van der Waals surface area contributed by atoms with Crippen LogP contribution in [0.4, 0.5) is 5.69 Å². The molecular weight excluding hydrogens is 412 g/mol. The molecule has 0 heterocycles. The van der Waals surface area contributed by atoms with Gasteiger partial charge in [-0.1, -0.05) is 32.6 Å². The first-order valence-corrected chi connectivity index (χ1v) is 11.4. The number of anilines is 1. The molecule has 32 heavy (non-hydrogen) atoms. The van der Waals surface area contributed by atoms with Gasteiger partial charge in [-0.05, 0) is 51.0 Å². The van der Waals surface area contributed by atoms with Crippen molar-refractivity contribution in [2.45, 2.75) is 78.2 Å². The number of amides is 2. The van der Waals surface area contributed by atoms with E-state index in [-0.39, 0.29) is 32.0 Å². The van der Waals surface area contributed by atoms with E-state index in [4.69, 9.17) is 9.47 Å². The minimum atomic E-state index is -0.959. The lowest BCUT2D eigenvalue weighted by molar-refractivity contribution is -0.146. The fraction of sp³-hybridized carbons (Fsp3) is 0.583. The van der Waals surface area contributed by atoms with E-state index < -0.39 is 23.9 Å². The normalized spacial score (nSPS) is 11.3. The third kappa shape index (κ3) is 10.9. The van der Waals surface area contributed by atoms with Crippen molar-refractivity contribution in [2.75, 3.05) is 18.5 Å². The molecule has 2 N–H and O–H groups in total. The second-order valence-electron chi connectivity index (χ2n) is 7.41. The van der Waals surface area contributed by atoms with E-state index in [0.717, 1.165) is 25.7 Å². The highest BCUT2D eigenvalue weighted by Crippen LogP contribution is 2.12. The first kappa shape index (κ1) is 27.1. The van der Waals surface area contributed by atoms with Gasteiger partial charge in [0.2, 0.25) is 5.91 Å². The van der Waals surface area contributed by atoms with Crippen LogP contribution in [0.15, 0.2) is 24.3 Å². The van der Waals surface area contributed by atoms with Gasteiger partial charge in [0.25, 0.3) is 5.91 Å². The number of nitrogens with one attached hydrogen (secondary N) is 2. The maximum Gasteiger partial charge on any atom is 0.328 e. The predicted octanol–water partition coefficient (Wildman–Crippen LogP) is 3.99. The van der Waals surface area contributed by atoms with E-state index in [9.17, 15) is 19.2 Å². The van der Waals surface area contributed by atoms with Gasteiger partial charge < -0.3 is 20.1 Å². The zero-order chi connectivity index (χ0) is 23.8. The van der Waals surface area contributed by atoms with Gasteiger partial charge in [-0.25, -0.2) is 4.79 Å². The van der Waals surface area contributed by atoms with Crippen LogP contribution < -0.4 is 10.6 Å². The van der Waals surface area contributed by atoms with Crippen LogP contribution in [-0.2, 0) is 23.9 Å². The van der Waals surface area contributed by atoms with Crippen molar-refractivity contribution in [3.8, 4) is 0 Å². The summed E-state index contributed by atoms with van der Waals surface area (Å²) in [5.41, 5.74) is 0.928. The summed E-state index contributed by atoms with van der Waals surface area (Å²) >= 11 is 0. The van der Waals surface area contributed by atoms with Gasteiger partial charge in [0.05, 0.1) is 13.2 Å². The van der Waals surface area contributed by atoms with Crippen LogP contribution in [0.2, 0.25) is 0 Å². The molecule has 0 spiro atoms. The first-order valence-electron chi connectivity index (χ1n) is 11.4. The number of hydrogen-bond acceptors (Lipinski definition) is 6. The highest BCUT2D eigenvalue weighted by atomic mass is 16.5. The lowest BCUT2D eigenvalue weighted by Gasteiger charge is -2.17. The Kier molecular flexibility index (Phi) is 13.4. The Bertz CT molecular complexity index is 733. The summed E-state index contributed by atoms with van der Waals surface area (Å²) in [6, 6.07) is 5.46. The van der Waals surface area contributed by atoms with Gasteiger partial charge in [0.15, 0.2) is 0 Å². The van der Waals surface area contributed by atoms with Crippen LogP contribution in [0.1, 0.15) is 82.5 Å². The highest BCUT2D eigenvalue weighted by molar-refractivity contribution is 5.98. The van der Waals surface area contributed by atoms with Gasteiger partial charge in [0.1, 0.15) is 6.04 Å². The van der Waals surface area contributed by atoms with E-state index in [1.165, 1.54) is 6.42 Å². The summed E-state index contributed by atoms with van der Waals surface area (Å²) in [6.45, 7) is 5.92. The van der Waals surface area contributed by atoms with Crippen molar-refractivity contribution in [2.24, 2.45) is 0 Å². The van der Waals surface area contributed by atoms with E-state index >= 15 is 0 Å². The van der Waals surface area contributed by atoms with Crippen LogP contribution in [0.5, 0.6) is 0 Å². The Hall–Kier alpha value is -2.90. The van der Waals surface area contributed by atoms with E-state index in [1.54, 1.807) is 38.1 Å². The largest absolute Gasteiger partial charge is 0.466 e. The molecule has 8 heteroatoms. The van der Waals surface area contributed by atoms with Crippen molar-refractivity contribution in [3.63, 3.8) is 0 Å². The number of esters is 2. The van der Waals surface area contributed by atoms with Crippen molar-refractivity contribution < 1.29 is 28.7 Å². The van der Waals surface area contributed by atoms with E-state index in [2.05, 4.69) is 17.6 Å². The Morgan fingerprint density at radius 1 is 0.844 bits per heavy atom. The van der Waals surface area contributed by atoms with Crippen LogP contribution in [0, 0.1) is 0 Å². The van der Waals surface area contributed by atoms with Gasteiger partial charge in [-0.3, -0.25) is 14.4 Å². The fourth-order valence-corrected chi connectivity index (χ4v) is 3.05. The van der Waals surface area contributed by atoms with E-state index in [0.29, 0.717) is 17.7 Å². The number of ether oxygens (including phenoxy) is 2. The molecule has 178 valence electrons. The molecule has 0 saturated carbocycles. The summed E-state index contributed by atoms with van der Waals surface area (Å²) in [5.74, 6) is -1.57. The van der Waals surface area contributed by atoms with Crippen molar-refractivity contribution >= 4 is 29.4 Å². The molecule has 0 aliphatic heterocycles.